The van der Waals surface area contributed by atoms with Crippen LogP contribution in [0, 0.1) is 0 Å². The Kier molecular flexibility index (Phi) is 4.00. The molecule has 0 bridgehead atoms. The first-order chi connectivity index (χ1) is 8.77. The molecular weight excluding hydrogens is 319 g/mol. The van der Waals surface area contributed by atoms with Gasteiger partial charge in [0.25, 0.3) is 0 Å². The van der Waals surface area contributed by atoms with Crippen LogP contribution < -0.4 is 0 Å². The van der Waals surface area contributed by atoms with E-state index in [1.54, 1.807) is 0 Å². The summed E-state index contributed by atoms with van der Waals surface area (Å²) in [7, 11) is 0. The maximum atomic E-state index is 13.0. The van der Waals surface area contributed by atoms with Crippen LogP contribution in [0.5, 0.6) is 0 Å². The second-order valence-corrected chi connectivity index (χ2v) is 5.16. The average molecular weight is 326 g/mol. The van der Waals surface area contributed by atoms with Crippen LogP contribution in [0.4, 0.5) is 13.2 Å². The molecule has 0 amide bonds. The van der Waals surface area contributed by atoms with Gasteiger partial charge in [-0.15, -0.1) is 0 Å². The third-order valence-corrected chi connectivity index (χ3v) is 3.13. The van der Waals surface area contributed by atoms with Gasteiger partial charge in [0, 0.05) is 15.1 Å². The van der Waals surface area contributed by atoms with E-state index in [4.69, 9.17) is 34.8 Å². The van der Waals surface area contributed by atoms with Gasteiger partial charge in [0.2, 0.25) is 0 Å². The molecular formula is C13H6Cl3F3. The van der Waals surface area contributed by atoms with Gasteiger partial charge in [-0.25, -0.2) is 0 Å². The molecule has 2 rings (SSSR count). The minimum absolute atomic E-state index is 0.0515. The van der Waals surface area contributed by atoms with E-state index in [0.717, 1.165) is 6.07 Å². The average Bonchev–Trinajstić information content (AvgIpc) is 2.25. The van der Waals surface area contributed by atoms with Crippen molar-refractivity contribution in [2.24, 2.45) is 0 Å². The van der Waals surface area contributed by atoms with E-state index in [9.17, 15) is 13.2 Å². The molecule has 0 aliphatic rings. The summed E-state index contributed by atoms with van der Waals surface area (Å²) in [6.45, 7) is 0. The highest BCUT2D eigenvalue weighted by atomic mass is 35.5. The Morgan fingerprint density at radius 1 is 0.737 bits per heavy atom. The molecule has 0 spiro atoms. The molecule has 0 nitrogen and oxygen atoms in total. The van der Waals surface area contributed by atoms with E-state index in [1.165, 1.54) is 30.3 Å². The normalized spacial score (nSPS) is 11.7. The lowest BCUT2D eigenvalue weighted by molar-refractivity contribution is -0.137. The summed E-state index contributed by atoms with van der Waals surface area (Å²) in [4.78, 5) is 0. The number of alkyl halides is 3. The topological polar surface area (TPSA) is 0 Å². The molecule has 0 aliphatic heterocycles. The van der Waals surface area contributed by atoms with Gasteiger partial charge in [0.1, 0.15) is 0 Å². The van der Waals surface area contributed by atoms with Crippen LogP contribution in [-0.4, -0.2) is 0 Å². The van der Waals surface area contributed by atoms with Gasteiger partial charge < -0.3 is 0 Å². The Morgan fingerprint density at radius 2 is 1.32 bits per heavy atom. The van der Waals surface area contributed by atoms with E-state index < -0.39 is 11.7 Å². The fourth-order valence-corrected chi connectivity index (χ4v) is 2.41. The Labute approximate surface area is 122 Å². The van der Waals surface area contributed by atoms with E-state index in [0.29, 0.717) is 0 Å². The van der Waals surface area contributed by atoms with Crippen LogP contribution in [0.3, 0.4) is 0 Å². The van der Waals surface area contributed by atoms with Crippen molar-refractivity contribution in [2.45, 2.75) is 6.18 Å². The van der Waals surface area contributed by atoms with Crippen LogP contribution in [0.2, 0.25) is 15.1 Å². The van der Waals surface area contributed by atoms with Crippen molar-refractivity contribution >= 4 is 34.8 Å². The quantitative estimate of drug-likeness (QED) is 0.574. The van der Waals surface area contributed by atoms with Gasteiger partial charge in [-0.05, 0) is 47.5 Å². The molecule has 0 saturated heterocycles. The third-order valence-electron chi connectivity index (χ3n) is 2.46. The summed E-state index contributed by atoms with van der Waals surface area (Å²) in [5.74, 6) is 0. The molecule has 0 unspecified atom stereocenters. The summed E-state index contributed by atoms with van der Waals surface area (Å²) in [5.41, 5.74) is -0.563. The molecule has 100 valence electrons. The van der Waals surface area contributed by atoms with Crippen molar-refractivity contribution in [3.63, 3.8) is 0 Å². The fourth-order valence-electron chi connectivity index (χ4n) is 1.71. The molecule has 0 radical (unpaired) electrons. The van der Waals surface area contributed by atoms with Gasteiger partial charge in [-0.2, -0.15) is 13.2 Å². The van der Waals surface area contributed by atoms with Crippen molar-refractivity contribution in [3.05, 3.63) is 57.0 Å². The van der Waals surface area contributed by atoms with Crippen LogP contribution in [0.25, 0.3) is 11.1 Å². The molecule has 0 atom stereocenters. The molecule has 0 saturated carbocycles. The third kappa shape index (κ3) is 3.35. The lowest BCUT2D eigenvalue weighted by Crippen LogP contribution is -2.07. The Morgan fingerprint density at radius 3 is 1.84 bits per heavy atom. The van der Waals surface area contributed by atoms with Gasteiger partial charge >= 0.3 is 6.18 Å². The summed E-state index contributed by atoms with van der Waals surface area (Å²) in [6, 6.07) is 7.64. The molecule has 2 aromatic carbocycles. The zero-order valence-corrected chi connectivity index (χ0v) is 11.5. The van der Waals surface area contributed by atoms with Gasteiger partial charge in [-0.3, -0.25) is 0 Å². The summed E-state index contributed by atoms with van der Waals surface area (Å²) in [5, 5.41) is 0.727. The minimum Gasteiger partial charge on any atom is -0.166 e. The minimum atomic E-state index is -4.48. The van der Waals surface area contributed by atoms with Gasteiger partial charge in [0.05, 0.1) is 5.56 Å². The first kappa shape index (κ1) is 14.5. The smallest absolute Gasteiger partial charge is 0.166 e. The highest BCUT2D eigenvalue weighted by Crippen LogP contribution is 2.39. The van der Waals surface area contributed by atoms with E-state index >= 15 is 0 Å². The highest BCUT2D eigenvalue weighted by molar-refractivity contribution is 6.35. The SMILES string of the molecule is FC(F)(F)c1ccc(Cl)cc1-c1cc(Cl)cc(Cl)c1. The van der Waals surface area contributed by atoms with Crippen LogP contribution >= 0.6 is 34.8 Å². The first-order valence-corrected chi connectivity index (χ1v) is 6.24. The van der Waals surface area contributed by atoms with Crippen molar-refractivity contribution in [3.8, 4) is 11.1 Å². The molecule has 2 aromatic rings. The lowest BCUT2D eigenvalue weighted by atomic mass is 9.99. The number of benzene rings is 2. The van der Waals surface area contributed by atoms with Crippen molar-refractivity contribution in [2.75, 3.05) is 0 Å². The van der Waals surface area contributed by atoms with E-state index in [-0.39, 0.29) is 26.2 Å². The van der Waals surface area contributed by atoms with Gasteiger partial charge in [-0.1, -0.05) is 34.8 Å². The van der Waals surface area contributed by atoms with E-state index in [2.05, 4.69) is 0 Å². The Hall–Kier alpha value is -0.900. The molecule has 0 aromatic heterocycles. The first-order valence-electron chi connectivity index (χ1n) is 5.10. The molecule has 0 heterocycles. The molecule has 0 fully saturated rings. The Balaban J connectivity index is 2.70. The van der Waals surface area contributed by atoms with Crippen molar-refractivity contribution in [1.82, 2.24) is 0 Å². The second kappa shape index (κ2) is 5.23. The largest absolute Gasteiger partial charge is 0.417 e. The Bertz CT molecular complexity index is 601. The molecule has 0 N–H and O–H groups in total. The van der Waals surface area contributed by atoms with Crippen molar-refractivity contribution in [1.29, 1.82) is 0 Å². The monoisotopic (exact) mass is 324 g/mol. The zero-order chi connectivity index (χ0) is 14.2. The van der Waals surface area contributed by atoms with Gasteiger partial charge in [0.15, 0.2) is 0 Å². The van der Waals surface area contributed by atoms with Crippen molar-refractivity contribution < 1.29 is 13.2 Å². The lowest BCUT2D eigenvalue weighted by Gasteiger charge is -2.14. The molecule has 6 heteroatoms. The predicted octanol–water partition coefficient (Wildman–Crippen LogP) is 6.33. The summed E-state index contributed by atoms with van der Waals surface area (Å²) >= 11 is 17.4. The highest BCUT2D eigenvalue weighted by Gasteiger charge is 2.33. The maximum Gasteiger partial charge on any atom is 0.417 e. The maximum absolute atomic E-state index is 13.0. The summed E-state index contributed by atoms with van der Waals surface area (Å²) < 4.78 is 38.9. The summed E-state index contributed by atoms with van der Waals surface area (Å²) in [6.07, 6.45) is -4.48. The number of halogens is 6. The molecule has 0 aliphatic carbocycles. The standard InChI is InChI=1S/C13H6Cl3F3/c14-8-1-2-12(13(17,18)19)11(6-8)7-3-9(15)5-10(16)4-7/h1-6H. The van der Waals surface area contributed by atoms with E-state index in [1.807, 2.05) is 0 Å². The number of rotatable bonds is 1. The second-order valence-electron chi connectivity index (χ2n) is 3.85. The number of hydrogen-bond donors (Lipinski definition) is 0. The van der Waals surface area contributed by atoms with Crippen LogP contribution in [0.1, 0.15) is 5.56 Å². The fraction of sp³-hybridized carbons (Fsp3) is 0.0769. The molecule has 19 heavy (non-hydrogen) atoms. The zero-order valence-electron chi connectivity index (χ0n) is 9.23. The predicted molar refractivity (Wildman–Crippen MR) is 71.9 cm³/mol. The van der Waals surface area contributed by atoms with Crippen LogP contribution in [-0.2, 0) is 6.18 Å². The number of hydrogen-bond acceptors (Lipinski definition) is 0. The van der Waals surface area contributed by atoms with Crippen LogP contribution in [0.15, 0.2) is 36.4 Å².